The third-order valence-corrected chi connectivity index (χ3v) is 3.43. The van der Waals surface area contributed by atoms with Gasteiger partial charge in [0.05, 0.1) is 17.0 Å². The van der Waals surface area contributed by atoms with Crippen molar-refractivity contribution in [2.75, 3.05) is 0 Å². The number of halogens is 1. The van der Waals surface area contributed by atoms with Crippen LogP contribution in [0.4, 0.5) is 5.69 Å². The van der Waals surface area contributed by atoms with E-state index >= 15 is 0 Å². The van der Waals surface area contributed by atoms with Crippen molar-refractivity contribution in [2.24, 2.45) is 0 Å². The van der Waals surface area contributed by atoms with E-state index in [4.69, 9.17) is 11.6 Å². The lowest BCUT2D eigenvalue weighted by Crippen LogP contribution is -2.23. The van der Waals surface area contributed by atoms with Crippen molar-refractivity contribution < 1.29 is 4.92 Å². The quantitative estimate of drug-likeness (QED) is 0.655. The van der Waals surface area contributed by atoms with E-state index in [0.717, 1.165) is 12.2 Å². The Labute approximate surface area is 128 Å². The molecule has 0 fully saturated rings. The minimum atomic E-state index is -0.374. The summed E-state index contributed by atoms with van der Waals surface area (Å²) in [6, 6.07) is 8.97. The number of benzene rings is 1. The summed E-state index contributed by atoms with van der Waals surface area (Å²) in [4.78, 5) is 10.7. The Balaban J connectivity index is 2.24. The summed E-state index contributed by atoms with van der Waals surface area (Å²) in [5.41, 5.74) is 1.78. The molecule has 0 saturated carbocycles. The highest BCUT2D eigenvalue weighted by molar-refractivity contribution is 6.30. The van der Waals surface area contributed by atoms with Crippen LogP contribution >= 0.6 is 11.6 Å². The largest absolute Gasteiger partial charge is 0.346 e. The first-order valence-corrected chi connectivity index (χ1v) is 7.15. The summed E-state index contributed by atoms with van der Waals surface area (Å²) < 4.78 is 1.99. The Morgan fingerprint density at radius 1 is 1.38 bits per heavy atom. The number of hydrogen-bond donors (Lipinski definition) is 1. The van der Waals surface area contributed by atoms with Crippen LogP contribution in [0.5, 0.6) is 0 Å². The van der Waals surface area contributed by atoms with Gasteiger partial charge in [-0.1, -0.05) is 25.4 Å². The van der Waals surface area contributed by atoms with Crippen LogP contribution in [-0.4, -0.2) is 15.5 Å². The molecule has 2 rings (SSSR count). The van der Waals surface area contributed by atoms with Gasteiger partial charge in [-0.3, -0.25) is 10.1 Å². The van der Waals surface area contributed by atoms with Crippen LogP contribution in [0.25, 0.3) is 0 Å². The topological polar surface area (TPSA) is 60.1 Å². The van der Waals surface area contributed by atoms with Crippen molar-refractivity contribution in [1.29, 1.82) is 0 Å². The normalized spacial score (nSPS) is 11.0. The number of nitrogens with zero attached hydrogens (tertiary/aromatic N) is 2. The Morgan fingerprint density at radius 3 is 2.81 bits per heavy atom. The fourth-order valence-electron chi connectivity index (χ4n) is 2.12. The Hall–Kier alpha value is -1.85. The highest BCUT2D eigenvalue weighted by atomic mass is 35.5. The molecule has 0 atom stereocenters. The van der Waals surface area contributed by atoms with Crippen LogP contribution in [0.3, 0.4) is 0 Å². The van der Waals surface area contributed by atoms with Gasteiger partial charge in [-0.2, -0.15) is 0 Å². The summed E-state index contributed by atoms with van der Waals surface area (Å²) in [6.07, 6.45) is 1.92. The number of nitro benzene ring substituents is 1. The molecule has 0 saturated heterocycles. The van der Waals surface area contributed by atoms with E-state index in [0.29, 0.717) is 23.2 Å². The first-order valence-electron chi connectivity index (χ1n) is 6.77. The third kappa shape index (κ3) is 4.06. The highest BCUT2D eigenvalue weighted by Crippen LogP contribution is 2.24. The fourth-order valence-corrected chi connectivity index (χ4v) is 2.31. The molecular weight excluding hydrogens is 290 g/mol. The average molecular weight is 308 g/mol. The van der Waals surface area contributed by atoms with Gasteiger partial charge in [0.25, 0.3) is 5.69 Å². The molecule has 0 aliphatic rings. The number of rotatable bonds is 6. The van der Waals surface area contributed by atoms with Crippen LogP contribution in [0.2, 0.25) is 5.02 Å². The van der Waals surface area contributed by atoms with Crippen LogP contribution < -0.4 is 5.32 Å². The fraction of sp³-hybridized carbons (Fsp3) is 0.333. The maximum absolute atomic E-state index is 11.1. The van der Waals surface area contributed by atoms with Gasteiger partial charge in [0.15, 0.2) is 0 Å². The molecule has 1 aromatic carbocycles. The van der Waals surface area contributed by atoms with Crippen LogP contribution in [0.15, 0.2) is 36.5 Å². The van der Waals surface area contributed by atoms with Crippen LogP contribution in [0.1, 0.15) is 25.1 Å². The van der Waals surface area contributed by atoms with Gasteiger partial charge < -0.3 is 9.88 Å². The Kier molecular flexibility index (Phi) is 4.98. The third-order valence-electron chi connectivity index (χ3n) is 3.19. The second-order valence-electron chi connectivity index (χ2n) is 5.19. The number of aromatic nitrogens is 1. The average Bonchev–Trinajstić information content (AvgIpc) is 2.83. The van der Waals surface area contributed by atoms with Crippen molar-refractivity contribution in [1.82, 2.24) is 9.88 Å². The molecule has 2 aromatic rings. The smallest absolute Gasteiger partial charge is 0.274 e. The predicted molar refractivity (Wildman–Crippen MR) is 83.6 cm³/mol. The standard InChI is InChI=1S/C15H18ClN3O2/c1-11(2)17-9-14-4-3-7-18(14)10-12-8-13(16)5-6-15(12)19(20)21/h3-8,11,17H,9-10H2,1-2H3. The van der Waals surface area contributed by atoms with E-state index in [1.807, 2.05) is 22.9 Å². The van der Waals surface area contributed by atoms with Gasteiger partial charge in [-0.25, -0.2) is 0 Å². The Bertz CT molecular complexity index is 638. The lowest BCUT2D eigenvalue weighted by molar-refractivity contribution is -0.385. The zero-order chi connectivity index (χ0) is 15.4. The molecule has 0 bridgehead atoms. The molecule has 0 aliphatic heterocycles. The molecular formula is C15H18ClN3O2. The van der Waals surface area contributed by atoms with E-state index in [-0.39, 0.29) is 10.6 Å². The maximum atomic E-state index is 11.1. The van der Waals surface area contributed by atoms with E-state index in [2.05, 4.69) is 19.2 Å². The molecule has 1 N–H and O–H groups in total. The van der Waals surface area contributed by atoms with E-state index in [1.165, 1.54) is 6.07 Å². The molecule has 0 aliphatic carbocycles. The van der Waals surface area contributed by atoms with Gasteiger partial charge in [-0.05, 0) is 24.3 Å². The second-order valence-corrected chi connectivity index (χ2v) is 5.63. The van der Waals surface area contributed by atoms with Gasteiger partial charge in [0.1, 0.15) is 0 Å². The first kappa shape index (κ1) is 15.5. The van der Waals surface area contributed by atoms with Crippen LogP contribution in [0, 0.1) is 10.1 Å². The first-order chi connectivity index (χ1) is 9.97. The molecule has 21 heavy (non-hydrogen) atoms. The van der Waals surface area contributed by atoms with Gasteiger partial charge in [0.2, 0.25) is 0 Å². The zero-order valence-corrected chi connectivity index (χ0v) is 12.8. The Morgan fingerprint density at radius 2 is 2.14 bits per heavy atom. The van der Waals surface area contributed by atoms with Crippen molar-refractivity contribution in [3.8, 4) is 0 Å². The summed E-state index contributed by atoms with van der Waals surface area (Å²) in [5.74, 6) is 0. The molecule has 0 amide bonds. The maximum Gasteiger partial charge on any atom is 0.274 e. The number of nitrogens with one attached hydrogen (secondary N) is 1. The lowest BCUT2D eigenvalue weighted by atomic mass is 10.1. The highest BCUT2D eigenvalue weighted by Gasteiger charge is 2.15. The van der Waals surface area contributed by atoms with E-state index in [9.17, 15) is 10.1 Å². The van der Waals surface area contributed by atoms with E-state index in [1.54, 1.807) is 12.1 Å². The summed E-state index contributed by atoms with van der Waals surface area (Å²) in [5, 5.41) is 14.9. The summed E-state index contributed by atoms with van der Waals surface area (Å²) in [6.45, 7) is 5.31. The molecule has 0 unspecified atom stereocenters. The number of hydrogen-bond acceptors (Lipinski definition) is 3. The molecule has 1 heterocycles. The SMILES string of the molecule is CC(C)NCc1cccn1Cc1cc(Cl)ccc1[N+](=O)[O-]. The summed E-state index contributed by atoms with van der Waals surface area (Å²) in [7, 11) is 0. The van der Waals surface area contributed by atoms with Crippen molar-refractivity contribution in [3.63, 3.8) is 0 Å². The molecule has 0 radical (unpaired) electrons. The number of nitro groups is 1. The van der Waals surface area contributed by atoms with Gasteiger partial charge in [0, 0.05) is 35.6 Å². The molecule has 6 heteroatoms. The zero-order valence-electron chi connectivity index (χ0n) is 12.0. The van der Waals surface area contributed by atoms with Crippen molar-refractivity contribution >= 4 is 17.3 Å². The van der Waals surface area contributed by atoms with Crippen molar-refractivity contribution in [3.05, 3.63) is 62.9 Å². The van der Waals surface area contributed by atoms with Crippen molar-refractivity contribution in [2.45, 2.75) is 33.0 Å². The van der Waals surface area contributed by atoms with E-state index < -0.39 is 0 Å². The van der Waals surface area contributed by atoms with Crippen LogP contribution in [-0.2, 0) is 13.1 Å². The lowest BCUT2D eigenvalue weighted by Gasteiger charge is -2.12. The molecule has 5 nitrogen and oxygen atoms in total. The summed E-state index contributed by atoms with van der Waals surface area (Å²) >= 11 is 5.96. The van der Waals surface area contributed by atoms with Gasteiger partial charge in [-0.15, -0.1) is 0 Å². The van der Waals surface area contributed by atoms with Gasteiger partial charge >= 0.3 is 0 Å². The molecule has 1 aromatic heterocycles. The second kappa shape index (κ2) is 6.74. The molecule has 0 spiro atoms. The minimum absolute atomic E-state index is 0.0934. The monoisotopic (exact) mass is 307 g/mol. The minimum Gasteiger partial charge on any atom is -0.346 e. The molecule has 112 valence electrons. The predicted octanol–water partition coefficient (Wildman–Crippen LogP) is 3.60.